The first-order valence-electron chi connectivity index (χ1n) is 10.0. The van der Waals surface area contributed by atoms with Crippen molar-refractivity contribution in [3.8, 4) is 5.75 Å². The van der Waals surface area contributed by atoms with E-state index in [2.05, 4.69) is 9.71 Å². The van der Waals surface area contributed by atoms with Gasteiger partial charge in [-0.3, -0.25) is 4.90 Å². The number of thiazole rings is 1. The number of nitrogens with one attached hydrogen (secondary N) is 1. The van der Waals surface area contributed by atoms with Crippen LogP contribution >= 0.6 is 34.9 Å². The first kappa shape index (κ1) is 23.2. The average Bonchev–Trinajstić information content (AvgIpc) is 3.29. The van der Waals surface area contributed by atoms with Crippen molar-refractivity contribution >= 4 is 40.0 Å². The molecule has 0 saturated carbocycles. The largest absolute Gasteiger partial charge is 0.489 e. The highest BCUT2D eigenvalue weighted by Gasteiger charge is 2.33. The third-order valence-electron chi connectivity index (χ3n) is 5.14. The molecule has 0 radical (unpaired) electrons. The molecule has 4 nitrogen and oxygen atoms in total. The summed E-state index contributed by atoms with van der Waals surface area (Å²) < 4.78 is 48.9. The van der Waals surface area contributed by atoms with Gasteiger partial charge in [-0.25, -0.2) is 4.98 Å². The molecule has 1 aromatic heterocycles. The molecule has 0 amide bonds. The van der Waals surface area contributed by atoms with Gasteiger partial charge in [0.2, 0.25) is 0 Å². The van der Waals surface area contributed by atoms with Gasteiger partial charge >= 0.3 is 6.18 Å². The second-order valence-electron chi connectivity index (χ2n) is 7.38. The van der Waals surface area contributed by atoms with Gasteiger partial charge in [-0.05, 0) is 54.6 Å². The van der Waals surface area contributed by atoms with Crippen LogP contribution in [0, 0.1) is 0 Å². The van der Waals surface area contributed by atoms with Gasteiger partial charge in [0.25, 0.3) is 0 Å². The Morgan fingerprint density at radius 1 is 1.19 bits per heavy atom. The molecule has 10 heteroatoms. The lowest BCUT2D eigenvalue weighted by atomic mass is 10.0. The normalized spacial score (nSPS) is 15.6. The van der Waals surface area contributed by atoms with Crippen LogP contribution in [0.3, 0.4) is 0 Å². The smallest absolute Gasteiger partial charge is 0.416 e. The number of alkyl halides is 3. The van der Waals surface area contributed by atoms with E-state index in [-0.39, 0.29) is 12.6 Å². The number of hydrogen-bond donors (Lipinski definition) is 1. The number of halogens is 4. The fraction of sp³-hybridized carbons (Fsp3) is 0.318. The Kier molecular flexibility index (Phi) is 7.50. The highest BCUT2D eigenvalue weighted by molar-refractivity contribution is 8.00. The van der Waals surface area contributed by atoms with Crippen LogP contribution in [0.25, 0.3) is 0 Å². The van der Waals surface area contributed by atoms with Gasteiger partial charge in [0.05, 0.1) is 10.6 Å². The molecule has 0 atom stereocenters. The fourth-order valence-corrected chi connectivity index (χ4v) is 5.11. The van der Waals surface area contributed by atoms with Crippen LogP contribution in [0.5, 0.6) is 5.75 Å². The molecular formula is C22H21ClF3N3OS2. The number of anilines is 1. The number of hydrogen-bond acceptors (Lipinski definition) is 6. The van der Waals surface area contributed by atoms with Gasteiger partial charge in [-0.1, -0.05) is 29.8 Å². The molecular weight excluding hydrogens is 479 g/mol. The number of nitrogens with zero attached hydrogens (tertiary/aromatic N) is 2. The summed E-state index contributed by atoms with van der Waals surface area (Å²) in [5, 5.41) is 3.24. The van der Waals surface area contributed by atoms with Gasteiger partial charge in [0.15, 0.2) is 5.13 Å². The Bertz CT molecular complexity index is 1030. The molecule has 2 aromatic carbocycles. The second-order valence-corrected chi connectivity index (χ2v) is 9.56. The maximum Gasteiger partial charge on any atom is 0.416 e. The summed E-state index contributed by atoms with van der Waals surface area (Å²) in [6.07, 6.45) is -1.17. The molecule has 1 N–H and O–H groups in total. The van der Waals surface area contributed by atoms with Gasteiger partial charge < -0.3 is 9.46 Å². The lowest BCUT2D eigenvalue weighted by Crippen LogP contribution is -2.38. The van der Waals surface area contributed by atoms with Crippen molar-refractivity contribution in [1.29, 1.82) is 0 Å². The third kappa shape index (κ3) is 6.10. The summed E-state index contributed by atoms with van der Waals surface area (Å²) in [6, 6.07) is 11.4. The summed E-state index contributed by atoms with van der Waals surface area (Å²) in [7, 11) is 0. The van der Waals surface area contributed by atoms with Crippen LogP contribution < -0.4 is 9.46 Å². The van der Waals surface area contributed by atoms with Crippen LogP contribution in [0.2, 0.25) is 5.02 Å². The van der Waals surface area contributed by atoms with Crippen LogP contribution in [0.15, 0.2) is 58.9 Å². The maximum atomic E-state index is 13.2. The van der Waals surface area contributed by atoms with Gasteiger partial charge in [0.1, 0.15) is 11.9 Å². The van der Waals surface area contributed by atoms with E-state index in [4.69, 9.17) is 16.3 Å². The van der Waals surface area contributed by atoms with E-state index in [0.717, 1.165) is 28.9 Å². The first-order valence-corrected chi connectivity index (χ1v) is 12.1. The monoisotopic (exact) mass is 499 g/mol. The van der Waals surface area contributed by atoms with E-state index >= 15 is 0 Å². The molecule has 3 aromatic rings. The van der Waals surface area contributed by atoms with Crippen molar-refractivity contribution in [3.05, 3.63) is 70.2 Å². The highest BCUT2D eigenvalue weighted by atomic mass is 35.5. The number of piperidine rings is 1. The van der Waals surface area contributed by atoms with Crippen molar-refractivity contribution in [1.82, 2.24) is 9.88 Å². The van der Waals surface area contributed by atoms with E-state index in [9.17, 15) is 13.2 Å². The second kappa shape index (κ2) is 10.3. The molecule has 0 bridgehead atoms. The molecule has 1 aliphatic heterocycles. The zero-order chi connectivity index (χ0) is 22.6. The predicted octanol–water partition coefficient (Wildman–Crippen LogP) is 6.98. The standard InChI is InChI=1S/C22H21ClF3N3OS2/c23-19-13-17(32-28-21-27-9-12-31-21)5-6-20(19)30-16-7-10-29(11-8-16)14-15-3-1-2-4-18(15)22(24,25)26/h1-6,9,12-13,16H,7-8,10-11,14H2,(H,27,28). The van der Waals surface area contributed by atoms with Crippen LogP contribution in [0.4, 0.5) is 18.3 Å². The fourth-order valence-electron chi connectivity index (χ4n) is 3.56. The first-order chi connectivity index (χ1) is 15.4. The Balaban J connectivity index is 1.29. The zero-order valence-electron chi connectivity index (χ0n) is 16.9. The SMILES string of the molecule is FC(F)(F)c1ccccc1CN1CCC(Oc2ccc(SNc3nccs3)cc2Cl)CC1. The van der Waals surface area contributed by atoms with Gasteiger partial charge in [0, 0.05) is 36.1 Å². The Hall–Kier alpha value is -1.94. The number of aromatic nitrogens is 1. The van der Waals surface area contributed by atoms with Crippen molar-refractivity contribution in [2.75, 3.05) is 17.8 Å². The van der Waals surface area contributed by atoms with E-state index in [1.807, 2.05) is 28.5 Å². The molecule has 0 aliphatic carbocycles. The summed E-state index contributed by atoms with van der Waals surface area (Å²) >= 11 is 9.35. The highest BCUT2D eigenvalue weighted by Crippen LogP contribution is 2.34. The molecule has 1 aliphatic rings. The average molecular weight is 500 g/mol. The summed E-state index contributed by atoms with van der Waals surface area (Å²) in [5.41, 5.74) is -0.255. The molecule has 0 unspecified atom stereocenters. The van der Waals surface area contributed by atoms with Crippen molar-refractivity contribution in [2.45, 2.75) is 36.6 Å². The van der Waals surface area contributed by atoms with Gasteiger partial charge in [-0.2, -0.15) is 13.2 Å². The van der Waals surface area contributed by atoms with Crippen molar-refractivity contribution < 1.29 is 17.9 Å². The molecule has 1 fully saturated rings. The minimum Gasteiger partial charge on any atom is -0.489 e. The molecule has 32 heavy (non-hydrogen) atoms. The van der Waals surface area contributed by atoms with E-state index in [1.165, 1.54) is 29.4 Å². The zero-order valence-corrected chi connectivity index (χ0v) is 19.3. The van der Waals surface area contributed by atoms with Gasteiger partial charge in [-0.15, -0.1) is 11.3 Å². The minimum atomic E-state index is -4.34. The molecule has 0 spiro atoms. The predicted molar refractivity (Wildman–Crippen MR) is 123 cm³/mol. The molecule has 2 heterocycles. The Morgan fingerprint density at radius 2 is 1.97 bits per heavy atom. The third-order valence-corrected chi connectivity index (χ3v) is 7.03. The Labute approximate surface area is 197 Å². The quantitative estimate of drug-likeness (QED) is 0.355. The summed E-state index contributed by atoms with van der Waals surface area (Å²) in [4.78, 5) is 7.15. The molecule has 1 saturated heterocycles. The molecule has 170 valence electrons. The summed E-state index contributed by atoms with van der Waals surface area (Å²) in [6.45, 7) is 1.61. The van der Waals surface area contributed by atoms with Crippen LogP contribution in [-0.2, 0) is 12.7 Å². The minimum absolute atomic E-state index is 0.0199. The van der Waals surface area contributed by atoms with Crippen LogP contribution in [0.1, 0.15) is 24.0 Å². The maximum absolute atomic E-state index is 13.2. The summed E-state index contributed by atoms with van der Waals surface area (Å²) in [5.74, 6) is 0.617. The van der Waals surface area contributed by atoms with E-state index < -0.39 is 11.7 Å². The Morgan fingerprint density at radius 3 is 2.66 bits per heavy atom. The van der Waals surface area contributed by atoms with Crippen molar-refractivity contribution in [3.63, 3.8) is 0 Å². The lowest BCUT2D eigenvalue weighted by molar-refractivity contribution is -0.138. The number of likely N-dealkylation sites (tertiary alicyclic amines) is 1. The molecule has 4 rings (SSSR count). The lowest BCUT2D eigenvalue weighted by Gasteiger charge is -2.32. The van der Waals surface area contributed by atoms with Crippen LogP contribution in [-0.4, -0.2) is 29.1 Å². The number of rotatable bonds is 7. The number of benzene rings is 2. The van der Waals surface area contributed by atoms with E-state index in [1.54, 1.807) is 18.3 Å². The van der Waals surface area contributed by atoms with Crippen molar-refractivity contribution in [2.24, 2.45) is 0 Å². The van der Waals surface area contributed by atoms with E-state index in [0.29, 0.717) is 29.4 Å². The topological polar surface area (TPSA) is 37.4 Å². The number of ether oxygens (including phenoxy) is 1.